The second kappa shape index (κ2) is 4.18. The number of ketones is 1. The van der Waals surface area contributed by atoms with Gasteiger partial charge in [0, 0.05) is 11.0 Å². The molecule has 0 aromatic rings. The zero-order valence-electron chi connectivity index (χ0n) is 14.4. The average Bonchev–Trinajstić information content (AvgIpc) is 2.69. The molecule has 2 saturated carbocycles. The van der Waals surface area contributed by atoms with Crippen LogP contribution in [-0.2, 0) is 14.3 Å². The van der Waals surface area contributed by atoms with E-state index >= 15 is 0 Å². The third kappa shape index (κ3) is 1.52. The summed E-state index contributed by atoms with van der Waals surface area (Å²) in [6.45, 7) is 7.39. The van der Waals surface area contributed by atoms with Crippen LogP contribution in [0.2, 0.25) is 0 Å². The molecule has 5 rings (SSSR count). The van der Waals surface area contributed by atoms with E-state index in [4.69, 9.17) is 9.47 Å². The first-order valence-electron chi connectivity index (χ1n) is 9.20. The van der Waals surface area contributed by atoms with Crippen molar-refractivity contribution in [2.24, 2.45) is 22.7 Å². The van der Waals surface area contributed by atoms with Crippen LogP contribution in [-0.4, -0.2) is 24.3 Å². The van der Waals surface area contributed by atoms with Gasteiger partial charge in [-0.1, -0.05) is 27.2 Å². The van der Waals surface area contributed by atoms with Crippen LogP contribution in [0.4, 0.5) is 0 Å². The Kier molecular flexibility index (Phi) is 2.62. The predicted octanol–water partition coefficient (Wildman–Crippen LogP) is 3.79. The number of carbonyl (C=O) groups excluding carboxylic acids is 1. The number of ether oxygens (including phenoxy) is 2. The molecule has 23 heavy (non-hydrogen) atoms. The van der Waals surface area contributed by atoms with Gasteiger partial charge in [0.2, 0.25) is 0 Å². The highest BCUT2D eigenvalue weighted by molar-refractivity contribution is 6.06. The van der Waals surface area contributed by atoms with Crippen LogP contribution >= 0.6 is 0 Å². The highest BCUT2D eigenvalue weighted by Crippen LogP contribution is 2.72. The van der Waals surface area contributed by atoms with E-state index in [1.807, 2.05) is 6.08 Å². The molecule has 0 radical (unpaired) electrons. The van der Waals surface area contributed by atoms with Gasteiger partial charge in [-0.15, -0.1) is 0 Å². The lowest BCUT2D eigenvalue weighted by Crippen LogP contribution is -2.59. The minimum absolute atomic E-state index is 0.0435. The first-order valence-corrected chi connectivity index (χ1v) is 9.20. The van der Waals surface area contributed by atoms with Gasteiger partial charge >= 0.3 is 0 Å². The predicted molar refractivity (Wildman–Crippen MR) is 86.7 cm³/mol. The molecule has 2 heterocycles. The topological polar surface area (TPSA) is 35.5 Å². The Morgan fingerprint density at radius 3 is 2.87 bits per heavy atom. The fraction of sp³-hybridized carbons (Fsp3) is 0.750. The van der Waals surface area contributed by atoms with Crippen molar-refractivity contribution in [2.45, 2.75) is 64.8 Å². The maximum absolute atomic E-state index is 12.7. The summed E-state index contributed by atoms with van der Waals surface area (Å²) in [6, 6.07) is 0. The van der Waals surface area contributed by atoms with Crippen LogP contribution in [0, 0.1) is 22.7 Å². The Morgan fingerprint density at radius 2 is 2.09 bits per heavy atom. The van der Waals surface area contributed by atoms with Crippen LogP contribution in [0.1, 0.15) is 52.9 Å². The van der Waals surface area contributed by atoms with Crippen molar-refractivity contribution in [1.82, 2.24) is 0 Å². The first-order chi connectivity index (χ1) is 10.9. The highest BCUT2D eigenvalue weighted by atomic mass is 16.7. The van der Waals surface area contributed by atoms with E-state index in [9.17, 15) is 4.79 Å². The lowest BCUT2D eigenvalue weighted by Gasteiger charge is -2.59. The fourth-order valence-electron chi connectivity index (χ4n) is 6.45. The molecule has 0 aromatic carbocycles. The smallest absolute Gasteiger partial charge is 0.181 e. The van der Waals surface area contributed by atoms with Gasteiger partial charge in [-0.25, -0.2) is 0 Å². The molecule has 1 unspecified atom stereocenters. The molecule has 2 saturated heterocycles. The number of rotatable bonds is 1. The van der Waals surface area contributed by atoms with Crippen molar-refractivity contribution in [2.75, 3.05) is 6.61 Å². The second-order valence-electron chi connectivity index (χ2n) is 8.97. The largest absolute Gasteiger partial charge is 0.351 e. The van der Waals surface area contributed by atoms with Gasteiger partial charge < -0.3 is 9.47 Å². The lowest BCUT2D eigenvalue weighted by molar-refractivity contribution is -0.260. The molecule has 5 atom stereocenters. The fourth-order valence-corrected chi connectivity index (χ4v) is 6.45. The van der Waals surface area contributed by atoms with Gasteiger partial charge in [0.05, 0.1) is 6.61 Å². The summed E-state index contributed by atoms with van der Waals surface area (Å²) in [6.07, 6.45) is 9.74. The average molecular weight is 314 g/mol. The molecule has 3 aliphatic carbocycles. The standard InChI is InChI=1S/C20H26O3/c1-12(2)13-10-19-8-5-15-18(3)6-4-7-20(15,16(19)9-14(13)21)17(23-19)22-11-18/h9-10,12,15,17H,4-8,11H2,1-3H3/t15-,17?,18+,19+,20+/m0/s1. The molecule has 3 bridgehead atoms. The molecule has 3 heteroatoms. The molecule has 0 aromatic heterocycles. The van der Waals surface area contributed by atoms with Crippen molar-refractivity contribution in [3.63, 3.8) is 0 Å². The Bertz CT molecular complexity index is 660. The summed E-state index contributed by atoms with van der Waals surface area (Å²) in [5, 5.41) is 0. The Morgan fingerprint density at radius 1 is 1.26 bits per heavy atom. The molecular formula is C20H26O3. The zero-order chi connectivity index (χ0) is 16.0. The molecule has 0 N–H and O–H groups in total. The van der Waals surface area contributed by atoms with Gasteiger partial charge in [-0.05, 0) is 60.7 Å². The molecule has 3 nitrogen and oxygen atoms in total. The summed E-state index contributed by atoms with van der Waals surface area (Å²) in [4.78, 5) is 12.7. The summed E-state index contributed by atoms with van der Waals surface area (Å²) in [5.41, 5.74) is 2.02. The Labute approximate surface area is 138 Å². The van der Waals surface area contributed by atoms with Gasteiger partial charge in [0.25, 0.3) is 0 Å². The minimum atomic E-state index is -0.364. The number of hydrogen-bond donors (Lipinski definition) is 0. The Balaban J connectivity index is 1.71. The van der Waals surface area contributed by atoms with Gasteiger partial charge in [0.1, 0.15) is 5.60 Å². The zero-order valence-corrected chi connectivity index (χ0v) is 14.4. The minimum Gasteiger partial charge on any atom is -0.351 e. The lowest BCUT2D eigenvalue weighted by atomic mass is 9.46. The number of carbonyl (C=O) groups is 1. The summed E-state index contributed by atoms with van der Waals surface area (Å²) in [5.74, 6) is 1.04. The maximum Gasteiger partial charge on any atom is 0.181 e. The van der Waals surface area contributed by atoms with Crippen molar-refractivity contribution in [3.05, 3.63) is 23.3 Å². The molecule has 124 valence electrons. The number of allylic oxidation sites excluding steroid dienone is 2. The van der Waals surface area contributed by atoms with Crippen molar-refractivity contribution in [3.8, 4) is 0 Å². The molecular weight excluding hydrogens is 288 g/mol. The number of hydrogen-bond acceptors (Lipinski definition) is 3. The SMILES string of the molecule is CC(C)C1=C[C@]23CC[C@H]4[C@]5(C)CCC[C@@]4(C2=CC1=O)C(OC5)O3. The molecule has 1 spiro atoms. The van der Waals surface area contributed by atoms with E-state index in [2.05, 4.69) is 26.8 Å². The van der Waals surface area contributed by atoms with Gasteiger partial charge in [-0.2, -0.15) is 0 Å². The molecule has 4 fully saturated rings. The third-order valence-corrected chi connectivity index (χ3v) is 7.44. The van der Waals surface area contributed by atoms with E-state index in [1.165, 1.54) is 24.8 Å². The van der Waals surface area contributed by atoms with E-state index in [0.29, 0.717) is 5.92 Å². The van der Waals surface area contributed by atoms with E-state index < -0.39 is 0 Å². The third-order valence-electron chi connectivity index (χ3n) is 7.44. The van der Waals surface area contributed by atoms with Crippen LogP contribution in [0.25, 0.3) is 0 Å². The quantitative estimate of drug-likeness (QED) is 0.738. The van der Waals surface area contributed by atoms with Crippen molar-refractivity contribution < 1.29 is 14.3 Å². The van der Waals surface area contributed by atoms with E-state index in [1.54, 1.807) is 0 Å². The van der Waals surface area contributed by atoms with Crippen LogP contribution in [0.15, 0.2) is 23.3 Å². The van der Waals surface area contributed by atoms with Crippen molar-refractivity contribution in [1.29, 1.82) is 0 Å². The molecule has 5 aliphatic rings. The summed E-state index contributed by atoms with van der Waals surface area (Å²) >= 11 is 0. The Hall–Kier alpha value is -0.930. The monoisotopic (exact) mass is 314 g/mol. The van der Waals surface area contributed by atoms with E-state index in [0.717, 1.165) is 25.0 Å². The van der Waals surface area contributed by atoms with E-state index in [-0.39, 0.29) is 34.4 Å². The van der Waals surface area contributed by atoms with Crippen LogP contribution in [0.5, 0.6) is 0 Å². The van der Waals surface area contributed by atoms with Crippen LogP contribution < -0.4 is 0 Å². The highest BCUT2D eigenvalue weighted by Gasteiger charge is 2.72. The maximum atomic E-state index is 12.7. The first kappa shape index (κ1) is 14.4. The van der Waals surface area contributed by atoms with Gasteiger partial charge in [-0.3, -0.25) is 4.79 Å². The molecule has 2 aliphatic heterocycles. The molecule has 0 amide bonds. The second-order valence-corrected chi connectivity index (χ2v) is 8.97. The van der Waals surface area contributed by atoms with Gasteiger partial charge in [0.15, 0.2) is 12.1 Å². The summed E-state index contributed by atoms with van der Waals surface area (Å²) < 4.78 is 12.8. The normalized spacial score (nSPS) is 50.5. The summed E-state index contributed by atoms with van der Waals surface area (Å²) in [7, 11) is 0. The van der Waals surface area contributed by atoms with Crippen LogP contribution in [0.3, 0.4) is 0 Å². The van der Waals surface area contributed by atoms with Crippen molar-refractivity contribution >= 4 is 5.78 Å².